The number of nitrogens with zero attached hydrogens (tertiary/aromatic N) is 1. The third kappa shape index (κ3) is 6.05. The van der Waals surface area contributed by atoms with Gasteiger partial charge in [0.1, 0.15) is 5.75 Å². The van der Waals surface area contributed by atoms with E-state index in [0.717, 1.165) is 32.8 Å². The minimum atomic E-state index is -0.172. The van der Waals surface area contributed by atoms with E-state index in [1.807, 2.05) is 0 Å². The number of hydrogen-bond acceptors (Lipinski definition) is 5. The molecule has 1 amide bonds. The maximum absolute atomic E-state index is 12.4. The summed E-state index contributed by atoms with van der Waals surface area (Å²) in [6, 6.07) is 13.5. The quantitative estimate of drug-likeness (QED) is 0.687. The average molecular weight is 403 g/mol. The van der Waals surface area contributed by atoms with Crippen LogP contribution in [0.3, 0.4) is 0 Å². The van der Waals surface area contributed by atoms with E-state index in [4.69, 9.17) is 21.1 Å². The van der Waals surface area contributed by atoms with Crippen LogP contribution in [0.2, 0.25) is 5.02 Å². The van der Waals surface area contributed by atoms with Crippen molar-refractivity contribution in [1.29, 1.82) is 0 Å². The summed E-state index contributed by atoms with van der Waals surface area (Å²) >= 11 is 5.85. The molecule has 0 atom stereocenters. The summed E-state index contributed by atoms with van der Waals surface area (Å²) in [5.74, 6) is 0.273. The van der Waals surface area contributed by atoms with Gasteiger partial charge in [-0.05, 0) is 48.5 Å². The van der Waals surface area contributed by atoms with Gasteiger partial charge in [0.2, 0.25) is 0 Å². The fraction of sp³-hybridized carbons (Fsp3) is 0.333. The fourth-order valence-corrected chi connectivity index (χ4v) is 2.97. The summed E-state index contributed by atoms with van der Waals surface area (Å²) < 4.78 is 10.8. The number of amides is 1. The Bertz CT molecular complexity index is 787. The van der Waals surface area contributed by atoms with Crippen LogP contribution in [0.4, 0.5) is 0 Å². The van der Waals surface area contributed by atoms with Crippen LogP contribution >= 0.6 is 11.6 Å². The predicted molar refractivity (Wildman–Crippen MR) is 107 cm³/mol. The zero-order valence-corrected chi connectivity index (χ0v) is 16.3. The number of ketones is 1. The van der Waals surface area contributed by atoms with Crippen molar-refractivity contribution in [3.8, 4) is 5.75 Å². The molecule has 0 radical (unpaired) electrons. The number of morpholine rings is 1. The molecule has 0 spiro atoms. The molecule has 0 aromatic heterocycles. The van der Waals surface area contributed by atoms with Crippen LogP contribution in [-0.2, 0) is 9.53 Å². The van der Waals surface area contributed by atoms with E-state index in [2.05, 4.69) is 10.2 Å². The summed E-state index contributed by atoms with van der Waals surface area (Å²) in [5.41, 5.74) is 1.11. The second-order valence-electron chi connectivity index (χ2n) is 6.45. The summed E-state index contributed by atoms with van der Waals surface area (Å²) in [6.07, 6.45) is 0. The first-order valence-corrected chi connectivity index (χ1v) is 9.59. The Morgan fingerprint density at radius 1 is 1.00 bits per heavy atom. The van der Waals surface area contributed by atoms with Gasteiger partial charge in [-0.1, -0.05) is 11.6 Å². The highest BCUT2D eigenvalue weighted by Gasteiger charge is 2.11. The van der Waals surface area contributed by atoms with Gasteiger partial charge < -0.3 is 14.8 Å². The summed E-state index contributed by atoms with van der Waals surface area (Å²) in [4.78, 5) is 26.6. The van der Waals surface area contributed by atoms with Crippen molar-refractivity contribution in [1.82, 2.24) is 10.2 Å². The van der Waals surface area contributed by atoms with Crippen molar-refractivity contribution >= 4 is 23.3 Å². The molecule has 0 aliphatic carbocycles. The Morgan fingerprint density at radius 2 is 1.61 bits per heavy atom. The lowest BCUT2D eigenvalue weighted by Crippen LogP contribution is -2.42. The van der Waals surface area contributed by atoms with E-state index in [1.165, 1.54) is 0 Å². The number of hydrogen-bond donors (Lipinski definition) is 1. The van der Waals surface area contributed by atoms with Gasteiger partial charge in [0.25, 0.3) is 5.91 Å². The Hall–Kier alpha value is -2.41. The molecule has 2 aromatic rings. The van der Waals surface area contributed by atoms with E-state index in [0.29, 0.717) is 28.4 Å². The van der Waals surface area contributed by atoms with Gasteiger partial charge in [-0.2, -0.15) is 0 Å². The molecule has 6 nitrogen and oxygen atoms in total. The lowest BCUT2D eigenvalue weighted by Gasteiger charge is -2.26. The second-order valence-corrected chi connectivity index (χ2v) is 6.89. The van der Waals surface area contributed by atoms with E-state index in [9.17, 15) is 9.59 Å². The van der Waals surface area contributed by atoms with E-state index < -0.39 is 0 Å². The maximum Gasteiger partial charge on any atom is 0.257 e. The molecular formula is C21H23ClN2O4. The van der Waals surface area contributed by atoms with Gasteiger partial charge in [-0.3, -0.25) is 14.5 Å². The third-order valence-electron chi connectivity index (χ3n) is 4.45. The largest absolute Gasteiger partial charge is 0.484 e. The Labute approximate surface area is 169 Å². The third-order valence-corrected chi connectivity index (χ3v) is 4.70. The highest BCUT2D eigenvalue weighted by molar-refractivity contribution is 6.30. The minimum Gasteiger partial charge on any atom is -0.484 e. The van der Waals surface area contributed by atoms with Gasteiger partial charge in [0.15, 0.2) is 12.4 Å². The van der Waals surface area contributed by atoms with Crippen LogP contribution in [0.25, 0.3) is 0 Å². The normalized spacial score (nSPS) is 14.5. The maximum atomic E-state index is 12.4. The molecule has 2 aromatic carbocycles. The van der Waals surface area contributed by atoms with Crippen LogP contribution in [-0.4, -0.2) is 62.6 Å². The zero-order valence-electron chi connectivity index (χ0n) is 15.5. The molecule has 0 bridgehead atoms. The van der Waals surface area contributed by atoms with Gasteiger partial charge in [0, 0.05) is 42.3 Å². The van der Waals surface area contributed by atoms with Gasteiger partial charge in [-0.15, -0.1) is 0 Å². The standard InChI is InChI=1S/C21H23ClN2O4/c22-18-5-1-16(2-6-18)21(26)17-3-7-19(8-4-17)28-15-20(25)23-9-10-24-11-13-27-14-12-24/h1-8H,9-15H2,(H,23,25). The van der Waals surface area contributed by atoms with Crippen LogP contribution in [0.15, 0.2) is 48.5 Å². The molecule has 1 aliphatic rings. The van der Waals surface area contributed by atoms with Gasteiger partial charge in [-0.25, -0.2) is 0 Å². The monoisotopic (exact) mass is 402 g/mol. The smallest absolute Gasteiger partial charge is 0.257 e. The summed E-state index contributed by atoms with van der Waals surface area (Å²) in [6.45, 7) is 4.60. The first kappa shape index (κ1) is 20.3. The summed E-state index contributed by atoms with van der Waals surface area (Å²) in [7, 11) is 0. The molecule has 28 heavy (non-hydrogen) atoms. The van der Waals surface area contributed by atoms with Crippen molar-refractivity contribution in [2.24, 2.45) is 0 Å². The first-order chi connectivity index (χ1) is 13.6. The van der Waals surface area contributed by atoms with E-state index >= 15 is 0 Å². The van der Waals surface area contributed by atoms with Gasteiger partial charge in [0.05, 0.1) is 13.2 Å². The van der Waals surface area contributed by atoms with Gasteiger partial charge >= 0.3 is 0 Å². The molecule has 1 aliphatic heterocycles. The number of halogens is 1. The number of benzene rings is 2. The number of carbonyl (C=O) groups excluding carboxylic acids is 2. The van der Waals surface area contributed by atoms with Crippen molar-refractivity contribution in [3.05, 3.63) is 64.7 Å². The van der Waals surface area contributed by atoms with Crippen LogP contribution < -0.4 is 10.1 Å². The molecule has 1 heterocycles. The van der Waals surface area contributed by atoms with Crippen molar-refractivity contribution in [3.63, 3.8) is 0 Å². The molecule has 3 rings (SSSR count). The Morgan fingerprint density at radius 3 is 2.25 bits per heavy atom. The predicted octanol–water partition coefficient (Wildman–Crippen LogP) is 2.40. The molecule has 7 heteroatoms. The van der Waals surface area contributed by atoms with Crippen LogP contribution in [0, 0.1) is 0 Å². The number of ether oxygens (including phenoxy) is 2. The van der Waals surface area contributed by atoms with E-state index in [1.54, 1.807) is 48.5 Å². The lowest BCUT2D eigenvalue weighted by molar-refractivity contribution is -0.123. The minimum absolute atomic E-state index is 0.0619. The lowest BCUT2D eigenvalue weighted by atomic mass is 10.0. The molecule has 1 fully saturated rings. The van der Waals surface area contributed by atoms with Crippen molar-refractivity contribution in [2.45, 2.75) is 0 Å². The number of rotatable bonds is 8. The molecule has 1 N–H and O–H groups in total. The topological polar surface area (TPSA) is 67.9 Å². The summed E-state index contributed by atoms with van der Waals surface area (Å²) in [5, 5.41) is 3.43. The molecule has 0 unspecified atom stereocenters. The number of carbonyl (C=O) groups is 2. The van der Waals surface area contributed by atoms with Crippen molar-refractivity contribution in [2.75, 3.05) is 46.0 Å². The van der Waals surface area contributed by atoms with Crippen molar-refractivity contribution < 1.29 is 19.1 Å². The SMILES string of the molecule is O=C(COc1ccc(C(=O)c2ccc(Cl)cc2)cc1)NCCN1CCOCC1. The molecule has 1 saturated heterocycles. The zero-order chi connectivity index (χ0) is 19.8. The fourth-order valence-electron chi connectivity index (χ4n) is 2.85. The van der Waals surface area contributed by atoms with Crippen LogP contribution in [0.5, 0.6) is 5.75 Å². The van der Waals surface area contributed by atoms with E-state index in [-0.39, 0.29) is 18.3 Å². The first-order valence-electron chi connectivity index (χ1n) is 9.22. The van der Waals surface area contributed by atoms with Crippen LogP contribution in [0.1, 0.15) is 15.9 Å². The average Bonchev–Trinajstić information content (AvgIpc) is 2.73. The highest BCUT2D eigenvalue weighted by atomic mass is 35.5. The Balaban J connectivity index is 1.41. The molecule has 0 saturated carbocycles. The Kier molecular flexibility index (Phi) is 7.42. The molecular weight excluding hydrogens is 380 g/mol. The second kappa shape index (κ2) is 10.2. The molecule has 148 valence electrons. The highest BCUT2D eigenvalue weighted by Crippen LogP contribution is 2.17. The number of nitrogens with one attached hydrogen (secondary N) is 1.